The largest absolute Gasteiger partial charge is 0.345 e. The molecule has 1 aliphatic rings. The Hall–Kier alpha value is -2.68. The smallest absolute Gasteiger partial charge is 0.251 e. The number of pyridine rings is 1. The Bertz CT molecular complexity index is 857. The molecule has 0 aliphatic heterocycles. The molecule has 0 saturated carbocycles. The van der Waals surface area contributed by atoms with Gasteiger partial charge in [0.25, 0.3) is 5.91 Å². The first-order valence-corrected chi connectivity index (χ1v) is 7.55. The van der Waals surface area contributed by atoms with E-state index >= 15 is 0 Å². The molecule has 2 aromatic carbocycles. The van der Waals surface area contributed by atoms with Crippen LogP contribution in [0.3, 0.4) is 0 Å². The monoisotopic (exact) mass is 288 g/mol. The summed E-state index contributed by atoms with van der Waals surface area (Å²) in [6, 6.07) is 18.0. The van der Waals surface area contributed by atoms with E-state index in [-0.39, 0.29) is 11.9 Å². The van der Waals surface area contributed by atoms with Gasteiger partial charge in [0.05, 0.1) is 11.6 Å². The summed E-state index contributed by atoms with van der Waals surface area (Å²) in [6.45, 7) is 0. The number of nitrogens with one attached hydrogen (secondary N) is 1. The zero-order valence-corrected chi connectivity index (χ0v) is 12.1. The van der Waals surface area contributed by atoms with Gasteiger partial charge in [0.2, 0.25) is 0 Å². The van der Waals surface area contributed by atoms with Gasteiger partial charge in [0, 0.05) is 17.1 Å². The fourth-order valence-electron chi connectivity index (χ4n) is 3.17. The van der Waals surface area contributed by atoms with Crippen LogP contribution in [-0.2, 0) is 6.42 Å². The topological polar surface area (TPSA) is 42.0 Å². The summed E-state index contributed by atoms with van der Waals surface area (Å²) in [7, 11) is 0. The van der Waals surface area contributed by atoms with Crippen molar-refractivity contribution in [2.24, 2.45) is 0 Å². The number of benzene rings is 2. The predicted molar refractivity (Wildman–Crippen MR) is 86.7 cm³/mol. The van der Waals surface area contributed by atoms with Crippen LogP contribution in [0.25, 0.3) is 10.9 Å². The highest BCUT2D eigenvalue weighted by atomic mass is 16.1. The van der Waals surface area contributed by atoms with Gasteiger partial charge >= 0.3 is 0 Å². The lowest BCUT2D eigenvalue weighted by atomic mass is 10.1. The Labute approximate surface area is 129 Å². The Morgan fingerprint density at radius 2 is 2.00 bits per heavy atom. The third kappa shape index (κ3) is 2.25. The van der Waals surface area contributed by atoms with Crippen LogP contribution in [0.15, 0.2) is 60.8 Å². The van der Waals surface area contributed by atoms with Crippen LogP contribution >= 0.6 is 0 Å². The second-order valence-electron chi connectivity index (χ2n) is 5.67. The number of hydrogen-bond acceptors (Lipinski definition) is 2. The molecule has 3 heteroatoms. The zero-order valence-electron chi connectivity index (χ0n) is 12.1. The molecule has 0 bridgehead atoms. The van der Waals surface area contributed by atoms with E-state index < -0.39 is 0 Å². The molecule has 1 amide bonds. The fourth-order valence-corrected chi connectivity index (χ4v) is 3.17. The van der Waals surface area contributed by atoms with Gasteiger partial charge in [-0.2, -0.15) is 0 Å². The standard InChI is InChI=1S/C19H16N2O/c22-19(15-8-9-17-14(12-15)5-3-11-20-17)21-18-10-7-13-4-1-2-6-16(13)18/h1-6,8-9,11-12,18H,7,10H2,(H,21,22)/t18-/m1/s1. The molecule has 1 atom stereocenters. The molecule has 4 rings (SSSR count). The zero-order chi connectivity index (χ0) is 14.9. The molecule has 0 spiro atoms. The van der Waals surface area contributed by atoms with E-state index in [1.807, 2.05) is 36.4 Å². The SMILES string of the molecule is O=C(N[C@@H]1CCc2ccccc21)c1ccc2ncccc2c1. The van der Waals surface area contributed by atoms with E-state index in [1.165, 1.54) is 11.1 Å². The Morgan fingerprint density at radius 1 is 1.09 bits per heavy atom. The summed E-state index contributed by atoms with van der Waals surface area (Å²) in [6.07, 6.45) is 3.76. The number of aryl methyl sites for hydroxylation is 1. The first-order valence-electron chi connectivity index (χ1n) is 7.55. The molecule has 0 radical (unpaired) electrons. The number of fused-ring (bicyclic) bond motifs is 2. The summed E-state index contributed by atoms with van der Waals surface area (Å²) in [5, 5.41) is 4.14. The third-order valence-corrected chi connectivity index (χ3v) is 4.30. The maximum absolute atomic E-state index is 12.5. The highest BCUT2D eigenvalue weighted by molar-refractivity contribution is 5.98. The predicted octanol–water partition coefficient (Wildman–Crippen LogP) is 3.65. The van der Waals surface area contributed by atoms with E-state index in [9.17, 15) is 4.79 Å². The van der Waals surface area contributed by atoms with Gasteiger partial charge in [0.15, 0.2) is 0 Å². The highest BCUT2D eigenvalue weighted by Crippen LogP contribution is 2.31. The van der Waals surface area contributed by atoms with Crippen molar-refractivity contribution in [1.29, 1.82) is 0 Å². The molecule has 108 valence electrons. The van der Waals surface area contributed by atoms with Crippen molar-refractivity contribution in [1.82, 2.24) is 10.3 Å². The van der Waals surface area contributed by atoms with Crippen LogP contribution in [0.5, 0.6) is 0 Å². The molecule has 0 fully saturated rings. The van der Waals surface area contributed by atoms with Crippen molar-refractivity contribution >= 4 is 16.8 Å². The molecule has 0 unspecified atom stereocenters. The average molecular weight is 288 g/mol. The second-order valence-corrected chi connectivity index (χ2v) is 5.67. The van der Waals surface area contributed by atoms with E-state index in [2.05, 4.69) is 28.5 Å². The number of rotatable bonds is 2. The number of hydrogen-bond donors (Lipinski definition) is 1. The van der Waals surface area contributed by atoms with E-state index in [0.717, 1.165) is 23.7 Å². The molecule has 3 aromatic rings. The lowest BCUT2D eigenvalue weighted by Gasteiger charge is -2.14. The highest BCUT2D eigenvalue weighted by Gasteiger charge is 2.23. The molecule has 3 nitrogen and oxygen atoms in total. The number of nitrogens with zero attached hydrogens (tertiary/aromatic N) is 1. The van der Waals surface area contributed by atoms with E-state index in [0.29, 0.717) is 5.56 Å². The Kier molecular flexibility index (Phi) is 3.11. The maximum atomic E-state index is 12.5. The number of carbonyl (C=O) groups is 1. The van der Waals surface area contributed by atoms with Crippen LogP contribution in [0, 0.1) is 0 Å². The summed E-state index contributed by atoms with van der Waals surface area (Å²) in [5.74, 6) is -0.0209. The van der Waals surface area contributed by atoms with Gasteiger partial charge in [-0.25, -0.2) is 0 Å². The lowest BCUT2D eigenvalue weighted by Crippen LogP contribution is -2.27. The third-order valence-electron chi connectivity index (χ3n) is 4.30. The van der Waals surface area contributed by atoms with Crippen LogP contribution in [0.2, 0.25) is 0 Å². The number of carbonyl (C=O) groups excluding carboxylic acids is 1. The normalized spacial score (nSPS) is 16.5. The Morgan fingerprint density at radius 3 is 2.95 bits per heavy atom. The average Bonchev–Trinajstić information content (AvgIpc) is 2.97. The van der Waals surface area contributed by atoms with E-state index in [4.69, 9.17) is 0 Å². The van der Waals surface area contributed by atoms with Gasteiger partial charge in [-0.1, -0.05) is 30.3 Å². The van der Waals surface area contributed by atoms with Crippen LogP contribution in [0.1, 0.15) is 33.9 Å². The minimum atomic E-state index is -0.0209. The van der Waals surface area contributed by atoms with Crippen LogP contribution < -0.4 is 5.32 Å². The number of aromatic nitrogens is 1. The molecular weight excluding hydrogens is 272 g/mol. The van der Waals surface area contributed by atoms with Crippen LogP contribution in [-0.4, -0.2) is 10.9 Å². The molecule has 1 N–H and O–H groups in total. The number of amides is 1. The lowest BCUT2D eigenvalue weighted by molar-refractivity contribution is 0.0937. The second kappa shape index (κ2) is 5.26. The summed E-state index contributed by atoms with van der Waals surface area (Å²) >= 11 is 0. The minimum absolute atomic E-state index is 0.0209. The van der Waals surface area contributed by atoms with Crippen molar-refractivity contribution < 1.29 is 4.79 Å². The molecule has 22 heavy (non-hydrogen) atoms. The molecule has 1 aromatic heterocycles. The van der Waals surface area contributed by atoms with Crippen molar-refractivity contribution in [3.8, 4) is 0 Å². The van der Waals surface area contributed by atoms with Gasteiger partial charge < -0.3 is 5.32 Å². The van der Waals surface area contributed by atoms with Gasteiger partial charge in [-0.15, -0.1) is 0 Å². The molecule has 1 heterocycles. The first-order chi connectivity index (χ1) is 10.8. The van der Waals surface area contributed by atoms with Crippen molar-refractivity contribution in [3.63, 3.8) is 0 Å². The summed E-state index contributed by atoms with van der Waals surface area (Å²) in [5.41, 5.74) is 4.18. The van der Waals surface area contributed by atoms with Crippen molar-refractivity contribution in [3.05, 3.63) is 77.5 Å². The fraction of sp³-hybridized carbons (Fsp3) is 0.158. The van der Waals surface area contributed by atoms with Gasteiger partial charge in [0.1, 0.15) is 0 Å². The Balaban J connectivity index is 1.59. The van der Waals surface area contributed by atoms with Crippen molar-refractivity contribution in [2.45, 2.75) is 18.9 Å². The first kappa shape index (κ1) is 13.0. The van der Waals surface area contributed by atoms with Gasteiger partial charge in [-0.3, -0.25) is 9.78 Å². The van der Waals surface area contributed by atoms with E-state index in [1.54, 1.807) is 6.20 Å². The molecule has 1 aliphatic carbocycles. The minimum Gasteiger partial charge on any atom is -0.345 e. The van der Waals surface area contributed by atoms with Crippen LogP contribution in [0.4, 0.5) is 0 Å². The van der Waals surface area contributed by atoms with Crippen molar-refractivity contribution in [2.75, 3.05) is 0 Å². The quantitative estimate of drug-likeness (QED) is 0.782. The summed E-state index contributed by atoms with van der Waals surface area (Å²) < 4.78 is 0. The molecule has 0 saturated heterocycles. The van der Waals surface area contributed by atoms with Gasteiger partial charge in [-0.05, 0) is 48.2 Å². The maximum Gasteiger partial charge on any atom is 0.251 e. The summed E-state index contributed by atoms with van der Waals surface area (Å²) in [4.78, 5) is 16.8. The molecular formula is C19H16N2O.